The molecule has 1 aromatic carbocycles. The number of Topliss-reactive ketones (excluding diaryl/α,β-unsaturated/α-hetero) is 1. The number of carbonyl (C=O) groups is 1. The van der Waals surface area contributed by atoms with E-state index in [-0.39, 0.29) is 12.2 Å². The van der Waals surface area contributed by atoms with Crippen molar-refractivity contribution in [1.29, 1.82) is 0 Å². The van der Waals surface area contributed by atoms with Gasteiger partial charge in [-0.3, -0.25) is 4.79 Å². The quantitative estimate of drug-likeness (QED) is 0.661. The van der Waals surface area contributed by atoms with Gasteiger partial charge in [-0.1, -0.05) is 0 Å². The molecule has 1 rings (SSSR count). The van der Waals surface area contributed by atoms with Gasteiger partial charge in [-0.05, 0) is 24.6 Å². The average Bonchev–Trinajstić information content (AvgIpc) is 2.33. The van der Waals surface area contributed by atoms with Crippen LogP contribution < -0.4 is 5.73 Å². The van der Waals surface area contributed by atoms with Crippen LogP contribution in [0.25, 0.3) is 0 Å². The number of carbonyl (C=O) groups excluding carboxylic acids is 1. The van der Waals surface area contributed by atoms with Gasteiger partial charge in [0.25, 0.3) is 0 Å². The first-order valence-corrected chi connectivity index (χ1v) is 7.82. The van der Waals surface area contributed by atoms with Gasteiger partial charge in [0, 0.05) is 11.8 Å². The van der Waals surface area contributed by atoms with Crippen molar-refractivity contribution in [2.45, 2.75) is 18.6 Å². The van der Waals surface area contributed by atoms with Gasteiger partial charge >= 0.3 is 6.18 Å². The van der Waals surface area contributed by atoms with Crippen molar-refractivity contribution in [3.05, 3.63) is 35.1 Å². The zero-order valence-corrected chi connectivity index (χ0v) is 11.8. The summed E-state index contributed by atoms with van der Waals surface area (Å²) in [5, 5.41) is 0. The number of benzene rings is 1. The summed E-state index contributed by atoms with van der Waals surface area (Å²) in [5.74, 6) is -2.74. The lowest BCUT2D eigenvalue weighted by Gasteiger charge is -2.13. The summed E-state index contributed by atoms with van der Waals surface area (Å²) in [6.45, 7) is 0. The Morgan fingerprint density at radius 3 is 2.38 bits per heavy atom. The van der Waals surface area contributed by atoms with Crippen LogP contribution in [0, 0.1) is 5.82 Å². The predicted molar refractivity (Wildman–Crippen MR) is 68.0 cm³/mol. The van der Waals surface area contributed by atoms with E-state index >= 15 is 0 Å². The average molecular weight is 327 g/mol. The van der Waals surface area contributed by atoms with Crippen molar-refractivity contribution in [2.24, 2.45) is 5.73 Å². The van der Waals surface area contributed by atoms with Gasteiger partial charge in [-0.25, -0.2) is 12.8 Å². The number of hydrogen-bond acceptors (Lipinski definition) is 4. The Labute approximate surface area is 118 Å². The fourth-order valence-corrected chi connectivity index (χ4v) is 2.26. The molecule has 1 atom stereocenters. The van der Waals surface area contributed by atoms with Gasteiger partial charge in [0.15, 0.2) is 5.78 Å². The van der Waals surface area contributed by atoms with Crippen LogP contribution in [0.4, 0.5) is 17.6 Å². The maximum atomic E-state index is 13.1. The van der Waals surface area contributed by atoms with Crippen LogP contribution in [0.3, 0.4) is 0 Å². The van der Waals surface area contributed by atoms with Crippen LogP contribution in [0.15, 0.2) is 18.2 Å². The highest BCUT2D eigenvalue weighted by molar-refractivity contribution is 7.90. The molecule has 4 nitrogen and oxygen atoms in total. The highest BCUT2D eigenvalue weighted by Gasteiger charge is 2.35. The molecule has 9 heteroatoms. The molecule has 0 amide bonds. The van der Waals surface area contributed by atoms with E-state index in [2.05, 4.69) is 0 Å². The Kier molecular flexibility index (Phi) is 5.11. The van der Waals surface area contributed by atoms with Crippen molar-refractivity contribution in [3.8, 4) is 0 Å². The number of halogens is 4. The molecule has 0 bridgehead atoms. The molecule has 0 aliphatic heterocycles. The summed E-state index contributed by atoms with van der Waals surface area (Å²) in [7, 11) is -3.35. The van der Waals surface area contributed by atoms with Gasteiger partial charge in [0.1, 0.15) is 15.7 Å². The Balaban J connectivity index is 2.98. The van der Waals surface area contributed by atoms with Gasteiger partial charge < -0.3 is 5.73 Å². The minimum atomic E-state index is -4.93. The Bertz CT molecular complexity index is 640. The van der Waals surface area contributed by atoms with Crippen molar-refractivity contribution >= 4 is 15.6 Å². The highest BCUT2D eigenvalue weighted by Crippen LogP contribution is 2.32. The molecule has 1 unspecified atom stereocenters. The van der Waals surface area contributed by atoms with E-state index in [9.17, 15) is 30.8 Å². The van der Waals surface area contributed by atoms with Crippen LogP contribution in [-0.4, -0.2) is 32.3 Å². The lowest BCUT2D eigenvalue weighted by atomic mass is 10.0. The maximum absolute atomic E-state index is 13.1. The fourth-order valence-electron chi connectivity index (χ4n) is 1.58. The summed E-state index contributed by atoms with van der Waals surface area (Å²) in [4.78, 5) is 11.8. The van der Waals surface area contributed by atoms with E-state index in [1.54, 1.807) is 0 Å². The molecule has 0 spiro atoms. The van der Waals surface area contributed by atoms with Crippen molar-refractivity contribution in [1.82, 2.24) is 0 Å². The summed E-state index contributed by atoms with van der Waals surface area (Å²) >= 11 is 0. The molecule has 0 radical (unpaired) electrons. The minimum Gasteiger partial charge on any atom is -0.321 e. The fraction of sp³-hybridized carbons (Fsp3) is 0.417. The molecule has 0 aromatic heterocycles. The molecule has 0 aliphatic carbocycles. The minimum absolute atomic E-state index is 0.226. The van der Waals surface area contributed by atoms with E-state index in [1.165, 1.54) is 0 Å². The third kappa shape index (κ3) is 5.09. The van der Waals surface area contributed by atoms with Gasteiger partial charge in [0.2, 0.25) is 0 Å². The van der Waals surface area contributed by atoms with E-state index in [0.29, 0.717) is 12.1 Å². The zero-order valence-electron chi connectivity index (χ0n) is 10.9. The molecule has 2 N–H and O–H groups in total. The molecule has 0 saturated carbocycles. The first-order chi connectivity index (χ1) is 9.42. The Morgan fingerprint density at radius 1 is 1.33 bits per heavy atom. The number of sulfone groups is 1. The zero-order chi connectivity index (χ0) is 16.4. The van der Waals surface area contributed by atoms with E-state index in [1.807, 2.05) is 0 Å². The molecule has 0 heterocycles. The second kappa shape index (κ2) is 6.10. The van der Waals surface area contributed by atoms with Crippen LogP contribution in [0.2, 0.25) is 0 Å². The first-order valence-electron chi connectivity index (χ1n) is 5.76. The molecule has 118 valence electrons. The molecule has 0 saturated heterocycles. The standard InChI is InChI=1S/C12H13F4NO3S/c1-21(19,20)5-4-10(17)11(18)7-2-3-9(13)8(6-7)12(14,15)16/h2-3,6,10H,4-5,17H2,1H3. The number of rotatable bonds is 5. The summed E-state index contributed by atoms with van der Waals surface area (Å²) < 4.78 is 72.6. The van der Waals surface area contributed by atoms with Crippen molar-refractivity contribution < 1.29 is 30.8 Å². The number of hydrogen-bond donors (Lipinski definition) is 1. The van der Waals surface area contributed by atoms with Gasteiger partial charge in [-0.2, -0.15) is 13.2 Å². The SMILES string of the molecule is CS(=O)(=O)CCC(N)C(=O)c1ccc(F)c(C(F)(F)F)c1. The largest absolute Gasteiger partial charge is 0.419 e. The lowest BCUT2D eigenvalue weighted by Crippen LogP contribution is -2.32. The normalized spacial score (nSPS) is 14.0. The van der Waals surface area contributed by atoms with E-state index in [0.717, 1.165) is 12.3 Å². The third-order valence-electron chi connectivity index (χ3n) is 2.69. The topological polar surface area (TPSA) is 77.2 Å². The second-order valence-corrected chi connectivity index (χ2v) is 6.84. The molecule has 1 aromatic rings. The second-order valence-electron chi connectivity index (χ2n) is 4.58. The molecule has 0 fully saturated rings. The highest BCUT2D eigenvalue weighted by atomic mass is 32.2. The Morgan fingerprint density at radius 2 is 1.90 bits per heavy atom. The van der Waals surface area contributed by atoms with Crippen LogP contribution in [0.5, 0.6) is 0 Å². The molecule has 0 aliphatic rings. The molecular formula is C12H13F4NO3S. The van der Waals surface area contributed by atoms with E-state index < -0.39 is 44.8 Å². The first kappa shape index (κ1) is 17.6. The van der Waals surface area contributed by atoms with E-state index in [4.69, 9.17) is 5.73 Å². The van der Waals surface area contributed by atoms with Crippen LogP contribution >= 0.6 is 0 Å². The van der Waals surface area contributed by atoms with Crippen molar-refractivity contribution in [2.75, 3.05) is 12.0 Å². The summed E-state index contributed by atoms with van der Waals surface area (Å²) in [6, 6.07) is 0.510. The number of alkyl halides is 3. The van der Waals surface area contributed by atoms with Crippen LogP contribution in [-0.2, 0) is 16.0 Å². The lowest BCUT2D eigenvalue weighted by molar-refractivity contribution is -0.140. The monoisotopic (exact) mass is 327 g/mol. The molecular weight excluding hydrogens is 314 g/mol. The predicted octanol–water partition coefficient (Wildman–Crippen LogP) is 1.79. The maximum Gasteiger partial charge on any atom is 0.419 e. The van der Waals surface area contributed by atoms with Gasteiger partial charge in [0.05, 0.1) is 17.4 Å². The van der Waals surface area contributed by atoms with Crippen LogP contribution in [0.1, 0.15) is 22.3 Å². The third-order valence-corrected chi connectivity index (χ3v) is 3.67. The van der Waals surface area contributed by atoms with Gasteiger partial charge in [-0.15, -0.1) is 0 Å². The molecule has 21 heavy (non-hydrogen) atoms. The summed E-state index contributed by atoms with van der Waals surface area (Å²) in [6.07, 6.45) is -4.21. The smallest absolute Gasteiger partial charge is 0.321 e. The number of ketones is 1. The number of nitrogens with two attached hydrogens (primary N) is 1. The van der Waals surface area contributed by atoms with Crippen molar-refractivity contribution in [3.63, 3.8) is 0 Å². The summed E-state index contributed by atoms with van der Waals surface area (Å²) in [5.41, 5.74) is 3.49. The Hall–Kier alpha value is -1.48.